The lowest BCUT2D eigenvalue weighted by Gasteiger charge is -1.95. The first-order valence-corrected chi connectivity index (χ1v) is 7.35. The maximum absolute atomic E-state index is 11.5. The number of para-hydroxylation sites is 1. The van der Waals surface area contributed by atoms with Crippen LogP contribution < -0.4 is 5.32 Å². The molecule has 1 amide bonds. The van der Waals surface area contributed by atoms with Gasteiger partial charge in [-0.3, -0.25) is 4.79 Å². The fraction of sp³-hybridized carbons (Fsp3) is 0.214. The Morgan fingerprint density at radius 3 is 2.95 bits per heavy atom. The van der Waals surface area contributed by atoms with Gasteiger partial charge in [-0.25, -0.2) is 4.98 Å². The fourth-order valence-corrected chi connectivity index (χ4v) is 2.85. The number of nitrogens with one attached hydrogen (secondary N) is 1. The second-order valence-electron chi connectivity index (χ2n) is 4.45. The number of carbonyl (C=O) groups excluding carboxylic acids is 1. The van der Waals surface area contributed by atoms with Gasteiger partial charge >= 0.3 is 0 Å². The van der Waals surface area contributed by atoms with Gasteiger partial charge in [0, 0.05) is 0 Å². The highest BCUT2D eigenvalue weighted by molar-refractivity contribution is 7.18. The molecule has 3 rings (SSSR count). The number of hydrogen-bond donors (Lipinski definition) is 1. The molecule has 0 fully saturated rings. The molecule has 0 radical (unpaired) electrons. The zero-order valence-corrected chi connectivity index (χ0v) is 12.3. The summed E-state index contributed by atoms with van der Waals surface area (Å²) in [7, 11) is 0. The van der Waals surface area contributed by atoms with E-state index in [0.717, 1.165) is 15.2 Å². The third-order valence-electron chi connectivity index (χ3n) is 2.83. The molecule has 22 heavy (non-hydrogen) atoms. The Morgan fingerprint density at radius 2 is 2.14 bits per heavy atom. The lowest BCUT2D eigenvalue weighted by Crippen LogP contribution is -2.25. The van der Waals surface area contributed by atoms with E-state index in [2.05, 4.69) is 20.5 Å². The smallest absolute Gasteiger partial charge is 0.230 e. The SMILES string of the molecule is N#CCNC(=O)Cc1nnc(Cc2nc3ccccc3s2)o1. The van der Waals surface area contributed by atoms with Crippen LogP contribution in [0.1, 0.15) is 16.8 Å². The molecule has 0 saturated heterocycles. The number of rotatable bonds is 5. The zero-order chi connectivity index (χ0) is 15.4. The molecule has 2 aromatic heterocycles. The summed E-state index contributed by atoms with van der Waals surface area (Å²) in [6, 6.07) is 9.70. The third-order valence-corrected chi connectivity index (χ3v) is 3.86. The summed E-state index contributed by atoms with van der Waals surface area (Å²) in [6.07, 6.45) is 0.403. The molecule has 7 nitrogen and oxygen atoms in total. The monoisotopic (exact) mass is 313 g/mol. The predicted octanol–water partition coefficient (Wildman–Crippen LogP) is 1.45. The van der Waals surface area contributed by atoms with Crippen molar-refractivity contribution in [1.82, 2.24) is 20.5 Å². The lowest BCUT2D eigenvalue weighted by atomic mass is 10.3. The molecule has 0 saturated carbocycles. The van der Waals surface area contributed by atoms with Crippen LogP contribution in [-0.2, 0) is 17.6 Å². The van der Waals surface area contributed by atoms with Crippen LogP contribution in [0.15, 0.2) is 28.7 Å². The van der Waals surface area contributed by atoms with E-state index in [9.17, 15) is 4.79 Å². The van der Waals surface area contributed by atoms with Gasteiger partial charge in [0.05, 0.1) is 22.7 Å². The molecule has 0 bridgehead atoms. The van der Waals surface area contributed by atoms with Crippen LogP contribution in [0.2, 0.25) is 0 Å². The fourth-order valence-electron chi connectivity index (χ4n) is 1.89. The van der Waals surface area contributed by atoms with Crippen molar-refractivity contribution in [3.05, 3.63) is 41.1 Å². The van der Waals surface area contributed by atoms with E-state index < -0.39 is 0 Å². The van der Waals surface area contributed by atoms with Crippen LogP contribution in [0.25, 0.3) is 10.2 Å². The van der Waals surface area contributed by atoms with Crippen molar-refractivity contribution < 1.29 is 9.21 Å². The van der Waals surface area contributed by atoms with Gasteiger partial charge in [-0.1, -0.05) is 12.1 Å². The van der Waals surface area contributed by atoms with E-state index in [4.69, 9.17) is 9.68 Å². The molecule has 3 aromatic rings. The normalized spacial score (nSPS) is 10.5. The summed E-state index contributed by atoms with van der Waals surface area (Å²) in [5.41, 5.74) is 0.943. The standard InChI is InChI=1S/C14H11N5O2S/c15-5-6-16-11(20)7-12-18-19-13(21-12)8-14-17-9-3-1-2-4-10(9)22-14/h1-4H,6-8H2,(H,16,20). The number of nitriles is 1. The van der Waals surface area contributed by atoms with Gasteiger partial charge < -0.3 is 9.73 Å². The van der Waals surface area contributed by atoms with Gasteiger partial charge in [0.2, 0.25) is 17.7 Å². The number of fused-ring (bicyclic) bond motifs is 1. The average molecular weight is 313 g/mol. The molecule has 8 heteroatoms. The summed E-state index contributed by atoms with van der Waals surface area (Å²) in [5, 5.41) is 19.4. The van der Waals surface area contributed by atoms with E-state index in [0.29, 0.717) is 12.3 Å². The Bertz CT molecular complexity index is 815. The van der Waals surface area contributed by atoms with Crippen molar-refractivity contribution in [1.29, 1.82) is 5.26 Å². The summed E-state index contributed by atoms with van der Waals surface area (Å²) >= 11 is 1.57. The quantitative estimate of drug-likeness (QED) is 0.715. The Hall–Kier alpha value is -2.79. The number of aromatic nitrogens is 3. The summed E-state index contributed by atoms with van der Waals surface area (Å²) in [6.45, 7) is -0.0362. The first kappa shape index (κ1) is 14.2. The summed E-state index contributed by atoms with van der Waals surface area (Å²) in [5.74, 6) is 0.324. The molecule has 0 aliphatic rings. The van der Waals surface area contributed by atoms with E-state index in [1.165, 1.54) is 0 Å². The Labute approximate surface area is 129 Å². The third kappa shape index (κ3) is 3.27. The maximum atomic E-state index is 11.5. The lowest BCUT2D eigenvalue weighted by molar-refractivity contribution is -0.120. The molecule has 0 atom stereocenters. The largest absolute Gasteiger partial charge is 0.424 e. The van der Waals surface area contributed by atoms with Crippen LogP contribution in [0.3, 0.4) is 0 Å². The maximum Gasteiger partial charge on any atom is 0.230 e. The number of nitrogens with zero attached hydrogens (tertiary/aromatic N) is 4. The van der Waals surface area contributed by atoms with Gasteiger partial charge in [-0.05, 0) is 12.1 Å². The molecule has 110 valence electrons. The topological polar surface area (TPSA) is 105 Å². The van der Waals surface area contributed by atoms with E-state index in [1.807, 2.05) is 30.3 Å². The molecule has 0 spiro atoms. The van der Waals surface area contributed by atoms with Crippen LogP contribution >= 0.6 is 11.3 Å². The average Bonchev–Trinajstić information content (AvgIpc) is 3.11. The molecule has 1 N–H and O–H groups in total. The molecular formula is C14H11N5O2S. The van der Waals surface area contributed by atoms with Crippen molar-refractivity contribution in [2.75, 3.05) is 6.54 Å². The van der Waals surface area contributed by atoms with Gasteiger partial charge in [0.15, 0.2) is 0 Å². The molecule has 1 aromatic carbocycles. The highest BCUT2D eigenvalue weighted by Gasteiger charge is 2.13. The van der Waals surface area contributed by atoms with E-state index in [1.54, 1.807) is 11.3 Å². The number of thiazole rings is 1. The minimum absolute atomic E-state index is 0.0332. The first-order valence-electron chi connectivity index (χ1n) is 6.54. The van der Waals surface area contributed by atoms with Gasteiger partial charge in [-0.2, -0.15) is 5.26 Å². The van der Waals surface area contributed by atoms with E-state index in [-0.39, 0.29) is 24.8 Å². The van der Waals surface area contributed by atoms with Gasteiger partial charge in [0.25, 0.3) is 0 Å². The Morgan fingerprint density at radius 1 is 1.32 bits per heavy atom. The molecule has 0 unspecified atom stereocenters. The van der Waals surface area contributed by atoms with Crippen LogP contribution in [0.5, 0.6) is 0 Å². The second-order valence-corrected chi connectivity index (χ2v) is 5.57. The van der Waals surface area contributed by atoms with Crippen molar-refractivity contribution >= 4 is 27.5 Å². The van der Waals surface area contributed by atoms with Gasteiger partial charge in [0.1, 0.15) is 18.0 Å². The molecule has 0 aliphatic carbocycles. The highest BCUT2D eigenvalue weighted by atomic mass is 32.1. The number of hydrogen-bond acceptors (Lipinski definition) is 7. The van der Waals surface area contributed by atoms with Gasteiger partial charge in [-0.15, -0.1) is 21.5 Å². The number of benzene rings is 1. The van der Waals surface area contributed by atoms with Crippen LogP contribution in [0, 0.1) is 11.3 Å². The molecule has 0 aliphatic heterocycles. The zero-order valence-electron chi connectivity index (χ0n) is 11.4. The Kier molecular flexibility index (Phi) is 4.07. The van der Waals surface area contributed by atoms with E-state index >= 15 is 0 Å². The highest BCUT2D eigenvalue weighted by Crippen LogP contribution is 2.23. The number of carbonyl (C=O) groups is 1. The second kappa shape index (κ2) is 6.32. The van der Waals surface area contributed by atoms with Crippen LogP contribution in [0.4, 0.5) is 0 Å². The minimum atomic E-state index is -0.322. The Balaban J connectivity index is 1.66. The van der Waals surface area contributed by atoms with Crippen molar-refractivity contribution in [2.45, 2.75) is 12.8 Å². The predicted molar refractivity (Wildman–Crippen MR) is 79.1 cm³/mol. The summed E-state index contributed by atoms with van der Waals surface area (Å²) < 4.78 is 6.54. The van der Waals surface area contributed by atoms with Crippen molar-refractivity contribution in [3.63, 3.8) is 0 Å². The summed E-state index contributed by atoms with van der Waals surface area (Å²) in [4.78, 5) is 16.0. The van der Waals surface area contributed by atoms with Crippen molar-refractivity contribution in [3.8, 4) is 6.07 Å². The molecular weight excluding hydrogens is 302 g/mol. The number of amides is 1. The first-order chi connectivity index (χ1) is 10.7. The molecule has 2 heterocycles. The minimum Gasteiger partial charge on any atom is -0.424 e. The van der Waals surface area contributed by atoms with Crippen LogP contribution in [-0.4, -0.2) is 27.6 Å². The van der Waals surface area contributed by atoms with Crippen molar-refractivity contribution in [2.24, 2.45) is 0 Å².